The maximum absolute atomic E-state index is 6.52. The SMILES string of the molecule is CC(C)(C)c1ccc2c3ccc(Oc4ccc5c6ccc(C(C)(C)C)cc6n6ccnc6c5c4)cc3c3nccn3c2c1. The lowest BCUT2D eigenvalue weighted by molar-refractivity contribution is 0.484. The van der Waals surface area contributed by atoms with E-state index in [-0.39, 0.29) is 10.8 Å². The topological polar surface area (TPSA) is 43.8 Å². The molecule has 0 bridgehead atoms. The molecular formula is C38H34N4O. The fourth-order valence-electron chi connectivity index (χ4n) is 6.39. The summed E-state index contributed by atoms with van der Waals surface area (Å²) in [6.45, 7) is 13.5. The standard InChI is InChI=1S/C38H34N4O/c1-37(2,3)23-7-11-29-27-13-9-25(21-31(27)35-39-15-17-41(35)33(29)19-23)43-26-10-14-28-30-12-8-24(38(4,5)6)20-34(30)42-18-16-40-36(42)32(28)22-26/h7-22H,1-6H3. The van der Waals surface area contributed by atoms with Crippen molar-refractivity contribution >= 4 is 54.6 Å². The van der Waals surface area contributed by atoms with Gasteiger partial charge in [-0.2, -0.15) is 0 Å². The molecule has 43 heavy (non-hydrogen) atoms. The number of nitrogens with zero attached hydrogens (tertiary/aromatic N) is 4. The predicted octanol–water partition coefficient (Wildman–Crippen LogP) is 9.98. The molecule has 0 aliphatic carbocycles. The second-order valence-corrected chi connectivity index (χ2v) is 13.7. The van der Waals surface area contributed by atoms with Gasteiger partial charge in [0.05, 0.1) is 11.0 Å². The summed E-state index contributed by atoms with van der Waals surface area (Å²) in [5.41, 5.74) is 6.94. The van der Waals surface area contributed by atoms with Crippen LogP contribution in [0.15, 0.2) is 97.6 Å². The van der Waals surface area contributed by atoms with Gasteiger partial charge >= 0.3 is 0 Å². The number of aromatic nitrogens is 4. The van der Waals surface area contributed by atoms with Crippen molar-refractivity contribution in [2.24, 2.45) is 0 Å². The molecule has 0 radical (unpaired) electrons. The van der Waals surface area contributed by atoms with Crippen LogP contribution in [0.25, 0.3) is 54.6 Å². The molecule has 0 saturated carbocycles. The maximum Gasteiger partial charge on any atom is 0.145 e. The van der Waals surface area contributed by atoms with E-state index < -0.39 is 0 Å². The van der Waals surface area contributed by atoms with Crippen LogP contribution in [0.4, 0.5) is 0 Å². The molecule has 0 amide bonds. The summed E-state index contributed by atoms with van der Waals surface area (Å²) in [6, 6.07) is 26.2. The highest BCUT2D eigenvalue weighted by Gasteiger charge is 2.19. The molecule has 5 nitrogen and oxygen atoms in total. The highest BCUT2D eigenvalue weighted by atomic mass is 16.5. The van der Waals surface area contributed by atoms with Crippen LogP contribution in [-0.4, -0.2) is 18.8 Å². The van der Waals surface area contributed by atoms with Crippen molar-refractivity contribution in [1.29, 1.82) is 0 Å². The molecule has 4 heterocycles. The van der Waals surface area contributed by atoms with Gasteiger partial charge in [0.15, 0.2) is 0 Å². The van der Waals surface area contributed by atoms with Gasteiger partial charge in [0, 0.05) is 46.3 Å². The average Bonchev–Trinajstić information content (AvgIpc) is 3.67. The van der Waals surface area contributed by atoms with Crippen LogP contribution in [0.3, 0.4) is 0 Å². The fraction of sp³-hybridized carbons (Fsp3) is 0.211. The third-order valence-corrected chi connectivity index (χ3v) is 8.81. The largest absolute Gasteiger partial charge is 0.457 e. The van der Waals surface area contributed by atoms with Crippen LogP contribution in [0.5, 0.6) is 11.5 Å². The van der Waals surface area contributed by atoms with E-state index in [2.05, 4.69) is 123 Å². The van der Waals surface area contributed by atoms with E-state index in [1.54, 1.807) is 0 Å². The zero-order chi connectivity index (χ0) is 29.7. The second-order valence-electron chi connectivity index (χ2n) is 13.7. The Morgan fingerprint density at radius 2 is 0.907 bits per heavy atom. The van der Waals surface area contributed by atoms with E-state index in [9.17, 15) is 0 Å². The summed E-state index contributed by atoms with van der Waals surface area (Å²) in [5, 5.41) is 6.87. The Hall–Kier alpha value is -4.90. The monoisotopic (exact) mass is 562 g/mol. The molecule has 5 heteroatoms. The van der Waals surface area contributed by atoms with Crippen LogP contribution in [0.2, 0.25) is 0 Å². The van der Waals surface area contributed by atoms with Crippen LogP contribution in [0.1, 0.15) is 52.7 Å². The number of hydrogen-bond acceptors (Lipinski definition) is 3. The lowest BCUT2D eigenvalue weighted by atomic mass is 9.86. The first kappa shape index (κ1) is 25.8. The Morgan fingerprint density at radius 3 is 1.33 bits per heavy atom. The van der Waals surface area contributed by atoms with Gasteiger partial charge in [0.1, 0.15) is 22.8 Å². The molecule has 0 aliphatic rings. The first-order chi connectivity index (χ1) is 20.6. The zero-order valence-electron chi connectivity index (χ0n) is 25.4. The highest BCUT2D eigenvalue weighted by Crippen LogP contribution is 2.38. The minimum Gasteiger partial charge on any atom is -0.457 e. The predicted molar refractivity (Wildman–Crippen MR) is 178 cm³/mol. The van der Waals surface area contributed by atoms with Gasteiger partial charge < -0.3 is 4.74 Å². The van der Waals surface area contributed by atoms with Gasteiger partial charge in [-0.1, -0.05) is 65.8 Å². The molecule has 4 aromatic carbocycles. The van der Waals surface area contributed by atoms with Crippen LogP contribution in [0, 0.1) is 0 Å². The van der Waals surface area contributed by atoms with Crippen LogP contribution >= 0.6 is 0 Å². The molecule has 0 saturated heterocycles. The van der Waals surface area contributed by atoms with E-state index in [1.807, 2.05) is 24.8 Å². The fourth-order valence-corrected chi connectivity index (χ4v) is 6.39. The molecule has 8 aromatic rings. The van der Waals surface area contributed by atoms with Crippen molar-refractivity contribution in [3.8, 4) is 11.5 Å². The number of imidazole rings is 2. The smallest absolute Gasteiger partial charge is 0.145 e. The summed E-state index contributed by atoms with van der Waals surface area (Å²) in [5.74, 6) is 1.55. The number of ether oxygens (including phenoxy) is 1. The molecule has 0 N–H and O–H groups in total. The third-order valence-electron chi connectivity index (χ3n) is 8.81. The van der Waals surface area contributed by atoms with E-state index in [0.717, 1.165) is 33.6 Å². The molecular weight excluding hydrogens is 528 g/mol. The van der Waals surface area contributed by atoms with Gasteiger partial charge in [-0.15, -0.1) is 0 Å². The van der Waals surface area contributed by atoms with Crippen molar-refractivity contribution in [3.63, 3.8) is 0 Å². The molecule has 0 atom stereocenters. The molecule has 0 unspecified atom stereocenters. The zero-order valence-corrected chi connectivity index (χ0v) is 25.4. The Kier molecular flexibility index (Phi) is 5.28. The third kappa shape index (κ3) is 3.98. The molecule has 8 rings (SSSR count). The molecule has 0 aliphatic heterocycles. The lowest BCUT2D eigenvalue weighted by Gasteiger charge is -2.20. The van der Waals surface area contributed by atoms with Gasteiger partial charge in [-0.3, -0.25) is 8.80 Å². The Labute approximate surface area is 250 Å². The van der Waals surface area contributed by atoms with E-state index >= 15 is 0 Å². The summed E-state index contributed by atoms with van der Waals surface area (Å²) in [4.78, 5) is 9.51. The first-order valence-electron chi connectivity index (χ1n) is 14.9. The summed E-state index contributed by atoms with van der Waals surface area (Å²) < 4.78 is 10.9. The number of hydrogen-bond donors (Lipinski definition) is 0. The second kappa shape index (κ2) is 8.81. The van der Waals surface area contributed by atoms with Gasteiger partial charge in [-0.25, -0.2) is 9.97 Å². The average molecular weight is 563 g/mol. The van der Waals surface area contributed by atoms with Crippen LogP contribution in [-0.2, 0) is 10.8 Å². The number of fused-ring (bicyclic) bond motifs is 12. The normalized spacial score (nSPS) is 12.9. The minimum absolute atomic E-state index is 0.0667. The van der Waals surface area contributed by atoms with E-state index in [0.29, 0.717) is 0 Å². The Balaban J connectivity index is 1.26. The van der Waals surface area contributed by atoms with Gasteiger partial charge in [0.25, 0.3) is 0 Å². The summed E-state index contributed by atoms with van der Waals surface area (Å²) >= 11 is 0. The summed E-state index contributed by atoms with van der Waals surface area (Å²) in [7, 11) is 0. The minimum atomic E-state index is 0.0667. The number of benzene rings is 4. The molecule has 4 aromatic heterocycles. The van der Waals surface area contributed by atoms with Crippen molar-refractivity contribution in [3.05, 3.63) is 109 Å². The number of rotatable bonds is 2. The van der Waals surface area contributed by atoms with E-state index in [4.69, 9.17) is 14.7 Å². The Morgan fingerprint density at radius 1 is 0.488 bits per heavy atom. The van der Waals surface area contributed by atoms with Crippen LogP contribution < -0.4 is 4.74 Å². The molecule has 0 spiro atoms. The van der Waals surface area contributed by atoms with E-state index in [1.165, 1.54) is 43.7 Å². The van der Waals surface area contributed by atoms with Crippen molar-refractivity contribution in [1.82, 2.24) is 18.8 Å². The lowest BCUT2D eigenvalue weighted by Crippen LogP contribution is -2.11. The highest BCUT2D eigenvalue weighted by molar-refractivity contribution is 6.13. The number of pyridine rings is 2. The van der Waals surface area contributed by atoms with Gasteiger partial charge in [-0.05, 0) is 81.3 Å². The van der Waals surface area contributed by atoms with Crippen molar-refractivity contribution < 1.29 is 4.74 Å². The first-order valence-corrected chi connectivity index (χ1v) is 14.9. The quantitative estimate of drug-likeness (QED) is 0.197. The Bertz CT molecular complexity index is 2230. The van der Waals surface area contributed by atoms with Gasteiger partial charge in [0.2, 0.25) is 0 Å². The molecule has 212 valence electrons. The molecule has 0 fully saturated rings. The van der Waals surface area contributed by atoms with Crippen molar-refractivity contribution in [2.75, 3.05) is 0 Å². The maximum atomic E-state index is 6.52. The van der Waals surface area contributed by atoms with Crippen molar-refractivity contribution in [2.45, 2.75) is 52.4 Å². The summed E-state index contributed by atoms with van der Waals surface area (Å²) in [6.07, 6.45) is 7.84.